The van der Waals surface area contributed by atoms with Gasteiger partial charge in [-0.15, -0.1) is 0 Å². The van der Waals surface area contributed by atoms with Crippen LogP contribution in [0.15, 0.2) is 30.3 Å². The van der Waals surface area contributed by atoms with E-state index in [4.69, 9.17) is 1.37 Å². The van der Waals surface area contributed by atoms with Crippen molar-refractivity contribution in [2.45, 2.75) is 26.2 Å². The summed E-state index contributed by atoms with van der Waals surface area (Å²) in [6.45, 7) is 6.46. The molecule has 1 aromatic rings. The van der Waals surface area contributed by atoms with E-state index in [0.717, 1.165) is 0 Å². The lowest BCUT2D eigenvalue weighted by atomic mass is 9.87. The van der Waals surface area contributed by atoms with Crippen LogP contribution in [0.2, 0.25) is 0 Å². The zero-order valence-electron chi connectivity index (χ0n) is 7.81. The lowest BCUT2D eigenvalue weighted by Gasteiger charge is -2.18. The molecule has 0 heterocycles. The van der Waals surface area contributed by atoms with Crippen molar-refractivity contribution < 1.29 is 1.37 Å². The van der Waals surface area contributed by atoms with E-state index in [1.165, 1.54) is 5.56 Å². The predicted molar refractivity (Wildman–Crippen MR) is 45.1 cm³/mol. The van der Waals surface area contributed by atoms with Crippen molar-refractivity contribution in [1.29, 1.82) is 0 Å². The molecule has 0 saturated heterocycles. The first-order valence-electron chi connectivity index (χ1n) is 4.07. The van der Waals surface area contributed by atoms with Gasteiger partial charge in [-0.25, -0.2) is 0 Å². The highest BCUT2D eigenvalue weighted by atomic mass is 14.2. The maximum Gasteiger partial charge on any atom is 0.0623 e. The van der Waals surface area contributed by atoms with Gasteiger partial charge in [0.15, 0.2) is 0 Å². The maximum absolute atomic E-state index is 7.42. The highest BCUT2D eigenvalue weighted by Gasteiger charge is 2.11. The van der Waals surface area contributed by atoms with Gasteiger partial charge < -0.3 is 0 Å². The smallest absolute Gasteiger partial charge is 0.0622 e. The van der Waals surface area contributed by atoms with Crippen molar-refractivity contribution in [3.8, 4) is 0 Å². The highest BCUT2D eigenvalue weighted by Crippen LogP contribution is 2.20. The molecule has 0 amide bonds. The van der Waals surface area contributed by atoms with Crippen molar-refractivity contribution in [1.82, 2.24) is 0 Å². The summed E-state index contributed by atoms with van der Waals surface area (Å²) in [7, 11) is 0. The molecule has 0 saturated carbocycles. The Morgan fingerprint density at radius 3 is 2.30 bits per heavy atom. The quantitative estimate of drug-likeness (QED) is 0.513. The summed E-state index contributed by atoms with van der Waals surface area (Å²) in [5.41, 5.74) is 1.39. The zero-order chi connectivity index (χ0) is 8.48. The van der Waals surface area contributed by atoms with Crippen molar-refractivity contribution in [2.75, 3.05) is 0 Å². The second kappa shape index (κ2) is 2.45. The molecule has 1 aromatic carbocycles. The van der Waals surface area contributed by atoms with Gasteiger partial charge in [0.1, 0.15) is 0 Å². The highest BCUT2D eigenvalue weighted by molar-refractivity contribution is 5.21. The molecule has 0 N–H and O–H groups in total. The van der Waals surface area contributed by atoms with Crippen LogP contribution in [0.3, 0.4) is 0 Å². The second-order valence-corrected chi connectivity index (χ2v) is 3.54. The molecule has 0 aliphatic heterocycles. The molecule has 0 fully saturated rings. The molecular formula is C10H14. The fourth-order valence-electron chi connectivity index (χ4n) is 0.860. The van der Waals surface area contributed by atoms with Crippen molar-refractivity contribution in [2.24, 2.45) is 0 Å². The molecule has 0 heteroatoms. The largest absolute Gasteiger partial charge is 0.0623 e. The van der Waals surface area contributed by atoms with Crippen LogP contribution in [0.4, 0.5) is 0 Å². The van der Waals surface area contributed by atoms with E-state index in [9.17, 15) is 0 Å². The Labute approximate surface area is 64.3 Å². The molecule has 0 unspecified atom stereocenters. The summed E-state index contributed by atoms with van der Waals surface area (Å²) < 4.78 is 7.42. The summed E-state index contributed by atoms with van der Waals surface area (Å²) in [6, 6.07) is 8.31. The third-order valence-corrected chi connectivity index (χ3v) is 1.57. The Bertz CT molecular complexity index is 245. The van der Waals surface area contributed by atoms with Crippen LogP contribution in [-0.4, -0.2) is 0 Å². The molecule has 0 radical (unpaired) electrons. The Morgan fingerprint density at radius 2 is 1.90 bits per heavy atom. The lowest BCUT2D eigenvalue weighted by Crippen LogP contribution is -2.10. The molecular weight excluding hydrogens is 120 g/mol. The average molecular weight is 135 g/mol. The third kappa shape index (κ3) is 1.60. The summed E-state index contributed by atoms with van der Waals surface area (Å²) in [5.74, 6) is 0. The van der Waals surface area contributed by atoms with Gasteiger partial charge in [0.2, 0.25) is 0 Å². The maximum atomic E-state index is 7.42. The molecule has 0 aliphatic carbocycles. The summed E-state index contributed by atoms with van der Waals surface area (Å²) in [4.78, 5) is 0. The lowest BCUT2D eigenvalue weighted by molar-refractivity contribution is 0.590. The Morgan fingerprint density at radius 1 is 1.20 bits per heavy atom. The van der Waals surface area contributed by atoms with Crippen molar-refractivity contribution >= 4 is 0 Å². The van der Waals surface area contributed by atoms with Gasteiger partial charge in [-0.3, -0.25) is 0 Å². The Balaban J connectivity index is 3.06. The zero-order valence-corrected chi connectivity index (χ0v) is 6.81. The van der Waals surface area contributed by atoms with Crippen LogP contribution in [-0.2, 0) is 5.41 Å². The SMILES string of the molecule is [2H]c1cccc(C(C)(C)C)c1. The minimum Gasteiger partial charge on any atom is -0.0622 e. The van der Waals surface area contributed by atoms with Gasteiger partial charge in [-0.1, -0.05) is 51.1 Å². The first kappa shape index (κ1) is 5.96. The van der Waals surface area contributed by atoms with Crippen LogP contribution in [0, 0.1) is 0 Å². The van der Waals surface area contributed by atoms with Crippen LogP contribution >= 0.6 is 0 Å². The van der Waals surface area contributed by atoms with Gasteiger partial charge in [0.25, 0.3) is 0 Å². The molecule has 0 aliphatic rings. The predicted octanol–water partition coefficient (Wildman–Crippen LogP) is 2.98. The minimum atomic E-state index is 0.164. The number of hydrogen-bond donors (Lipinski definition) is 0. The van der Waals surface area contributed by atoms with Gasteiger partial charge in [-0.05, 0) is 11.0 Å². The number of rotatable bonds is 0. The molecule has 0 aromatic heterocycles. The van der Waals surface area contributed by atoms with Crippen LogP contribution in [0.5, 0.6) is 0 Å². The molecule has 0 nitrogen and oxygen atoms in total. The van der Waals surface area contributed by atoms with Crippen LogP contribution in [0.1, 0.15) is 27.7 Å². The fraction of sp³-hybridized carbons (Fsp3) is 0.400. The normalized spacial score (nSPS) is 12.9. The van der Waals surface area contributed by atoms with E-state index in [1.807, 2.05) is 12.1 Å². The van der Waals surface area contributed by atoms with E-state index < -0.39 is 0 Å². The fourth-order valence-corrected chi connectivity index (χ4v) is 0.860. The summed E-state index contributed by atoms with van der Waals surface area (Å²) in [6.07, 6.45) is 0. The monoisotopic (exact) mass is 135 g/mol. The molecule has 0 atom stereocenters. The Kier molecular flexibility index (Phi) is 1.46. The standard InChI is InChI=1S/C10H14/c1-10(2,3)9-7-5-4-6-8-9/h4-8H,1-3H3/i5D. The average Bonchev–Trinajstić information content (AvgIpc) is 1.86. The van der Waals surface area contributed by atoms with E-state index in [2.05, 4.69) is 26.8 Å². The first-order chi connectivity index (χ1) is 5.00. The third-order valence-electron chi connectivity index (χ3n) is 1.57. The van der Waals surface area contributed by atoms with Gasteiger partial charge >= 0.3 is 0 Å². The van der Waals surface area contributed by atoms with Crippen molar-refractivity contribution in [3.05, 3.63) is 35.9 Å². The molecule has 10 heavy (non-hydrogen) atoms. The van der Waals surface area contributed by atoms with E-state index in [0.29, 0.717) is 6.04 Å². The van der Waals surface area contributed by atoms with Gasteiger partial charge in [0.05, 0.1) is 1.37 Å². The molecule has 54 valence electrons. The number of hydrogen-bond acceptors (Lipinski definition) is 0. The second-order valence-electron chi connectivity index (χ2n) is 3.54. The topological polar surface area (TPSA) is 0 Å². The van der Waals surface area contributed by atoms with Gasteiger partial charge in [0, 0.05) is 0 Å². The van der Waals surface area contributed by atoms with Crippen LogP contribution < -0.4 is 0 Å². The van der Waals surface area contributed by atoms with Crippen LogP contribution in [0.25, 0.3) is 0 Å². The number of benzene rings is 1. The van der Waals surface area contributed by atoms with E-state index in [1.54, 1.807) is 6.07 Å². The Hall–Kier alpha value is -0.780. The molecule has 0 bridgehead atoms. The summed E-state index contributed by atoms with van der Waals surface area (Å²) >= 11 is 0. The van der Waals surface area contributed by atoms with Gasteiger partial charge in [-0.2, -0.15) is 0 Å². The van der Waals surface area contributed by atoms with E-state index >= 15 is 0 Å². The van der Waals surface area contributed by atoms with E-state index in [-0.39, 0.29) is 5.41 Å². The minimum absolute atomic E-state index is 0.164. The molecule has 1 rings (SSSR count). The molecule has 0 spiro atoms. The first-order valence-corrected chi connectivity index (χ1v) is 3.57. The van der Waals surface area contributed by atoms with Crippen molar-refractivity contribution in [3.63, 3.8) is 0 Å². The summed E-state index contributed by atoms with van der Waals surface area (Å²) in [5, 5.41) is 0.